The number of fused-ring (bicyclic) bond motifs is 4. The number of hydrogen-bond donors (Lipinski definition) is 0. The topological polar surface area (TPSA) is 25.4 Å². The Morgan fingerprint density at radius 2 is 2.00 bits per heavy atom. The van der Waals surface area contributed by atoms with Gasteiger partial charge in [0.1, 0.15) is 5.75 Å². The largest absolute Gasteiger partial charge is 0.497 e. The molecule has 0 spiro atoms. The number of hydrogen-bond acceptors (Lipinski definition) is 3. The molecule has 1 fully saturated rings. The molecule has 3 nitrogen and oxygen atoms in total. The molecule has 2 bridgehead atoms. The van der Waals surface area contributed by atoms with Crippen molar-refractivity contribution in [2.75, 3.05) is 12.0 Å². The highest BCUT2D eigenvalue weighted by Gasteiger charge is 2.39. The highest BCUT2D eigenvalue weighted by Crippen LogP contribution is 2.46. The van der Waals surface area contributed by atoms with Crippen molar-refractivity contribution in [1.29, 1.82) is 0 Å². The Morgan fingerprint density at radius 1 is 1.15 bits per heavy atom. The van der Waals surface area contributed by atoms with Crippen molar-refractivity contribution in [1.82, 2.24) is 4.98 Å². The molecule has 2 aliphatic rings. The zero-order valence-corrected chi connectivity index (χ0v) is 11.6. The normalized spacial score (nSPS) is 23.6. The summed E-state index contributed by atoms with van der Waals surface area (Å²) in [6, 6.07) is 11.8. The van der Waals surface area contributed by atoms with Gasteiger partial charge in [0.05, 0.1) is 13.2 Å². The minimum Gasteiger partial charge on any atom is -0.497 e. The van der Waals surface area contributed by atoms with Gasteiger partial charge in [-0.15, -0.1) is 0 Å². The lowest BCUT2D eigenvalue weighted by atomic mass is 9.94. The van der Waals surface area contributed by atoms with Crippen molar-refractivity contribution in [2.24, 2.45) is 0 Å². The van der Waals surface area contributed by atoms with Crippen LogP contribution in [0.15, 0.2) is 42.7 Å². The number of anilines is 1. The van der Waals surface area contributed by atoms with Gasteiger partial charge in [-0.3, -0.25) is 4.98 Å². The lowest BCUT2D eigenvalue weighted by molar-refractivity contribution is 0.414. The average molecular weight is 266 g/mol. The van der Waals surface area contributed by atoms with Crippen LogP contribution < -0.4 is 9.64 Å². The minimum absolute atomic E-state index is 0.514. The maximum absolute atomic E-state index is 5.26. The Labute approximate surface area is 119 Å². The standard InChI is InChI=1S/C17H18N2O/c1-20-15-5-2-13(3-6-15)19-14-4-7-17(19)16-8-9-18-11-12(16)10-14/h2-3,5-6,8-9,11,14,17H,4,7,10H2,1H3/t14-,17+/m0/s1. The molecule has 2 aliphatic heterocycles. The Balaban J connectivity index is 1.73. The fourth-order valence-corrected chi connectivity index (χ4v) is 3.72. The van der Waals surface area contributed by atoms with Gasteiger partial charge in [0.25, 0.3) is 0 Å². The van der Waals surface area contributed by atoms with Crippen molar-refractivity contribution in [3.8, 4) is 5.75 Å². The molecule has 0 saturated carbocycles. The van der Waals surface area contributed by atoms with E-state index in [1.165, 1.54) is 29.7 Å². The fourth-order valence-electron chi connectivity index (χ4n) is 3.72. The van der Waals surface area contributed by atoms with Gasteiger partial charge in [-0.1, -0.05) is 0 Å². The number of aromatic nitrogens is 1. The van der Waals surface area contributed by atoms with Crippen LogP contribution in [-0.4, -0.2) is 18.1 Å². The molecule has 1 saturated heterocycles. The van der Waals surface area contributed by atoms with Gasteiger partial charge in [-0.25, -0.2) is 0 Å². The Morgan fingerprint density at radius 3 is 2.80 bits per heavy atom. The van der Waals surface area contributed by atoms with Crippen molar-refractivity contribution < 1.29 is 4.74 Å². The summed E-state index contributed by atoms with van der Waals surface area (Å²) < 4.78 is 5.26. The van der Waals surface area contributed by atoms with Crippen molar-refractivity contribution in [3.05, 3.63) is 53.9 Å². The second-order valence-corrected chi connectivity index (χ2v) is 5.63. The van der Waals surface area contributed by atoms with Crippen LogP contribution in [0.1, 0.15) is 30.0 Å². The summed E-state index contributed by atoms with van der Waals surface area (Å²) in [6.07, 6.45) is 7.60. The number of benzene rings is 1. The SMILES string of the molecule is COc1ccc(N2[C@H]3CC[C@@H]2c2ccncc2C3)cc1. The van der Waals surface area contributed by atoms with E-state index in [0.717, 1.165) is 12.2 Å². The molecule has 0 amide bonds. The van der Waals surface area contributed by atoms with Crippen LogP contribution in [0.2, 0.25) is 0 Å². The summed E-state index contributed by atoms with van der Waals surface area (Å²) in [6.45, 7) is 0. The van der Waals surface area contributed by atoms with E-state index in [9.17, 15) is 0 Å². The van der Waals surface area contributed by atoms with Crippen LogP contribution >= 0.6 is 0 Å². The first-order chi connectivity index (χ1) is 9.86. The van der Waals surface area contributed by atoms with Crippen LogP contribution in [-0.2, 0) is 6.42 Å². The first-order valence-corrected chi connectivity index (χ1v) is 7.22. The zero-order valence-electron chi connectivity index (χ0n) is 11.6. The summed E-state index contributed by atoms with van der Waals surface area (Å²) in [7, 11) is 1.71. The smallest absolute Gasteiger partial charge is 0.119 e. The number of pyridine rings is 1. The summed E-state index contributed by atoms with van der Waals surface area (Å²) in [5.74, 6) is 0.919. The van der Waals surface area contributed by atoms with Gasteiger partial charge < -0.3 is 9.64 Å². The van der Waals surface area contributed by atoms with E-state index < -0.39 is 0 Å². The van der Waals surface area contributed by atoms with Crippen LogP contribution in [0.3, 0.4) is 0 Å². The third-order valence-corrected chi connectivity index (χ3v) is 4.63. The highest BCUT2D eigenvalue weighted by atomic mass is 16.5. The molecule has 3 heteroatoms. The molecule has 102 valence electrons. The fraction of sp³-hybridized carbons (Fsp3) is 0.353. The molecule has 4 rings (SSSR count). The number of ether oxygens (including phenoxy) is 1. The Hall–Kier alpha value is -2.03. The molecule has 3 heterocycles. The van der Waals surface area contributed by atoms with E-state index in [4.69, 9.17) is 4.74 Å². The van der Waals surface area contributed by atoms with Gasteiger partial charge in [0, 0.05) is 24.1 Å². The predicted molar refractivity (Wildman–Crippen MR) is 79.2 cm³/mol. The quantitative estimate of drug-likeness (QED) is 0.833. The Kier molecular flexibility index (Phi) is 2.66. The van der Waals surface area contributed by atoms with Gasteiger partial charge in [-0.2, -0.15) is 0 Å². The van der Waals surface area contributed by atoms with Crippen molar-refractivity contribution >= 4 is 5.69 Å². The monoisotopic (exact) mass is 266 g/mol. The number of methoxy groups -OCH3 is 1. The minimum atomic E-state index is 0.514. The maximum Gasteiger partial charge on any atom is 0.119 e. The summed E-state index contributed by atoms with van der Waals surface area (Å²) >= 11 is 0. The second kappa shape index (κ2) is 4.51. The summed E-state index contributed by atoms with van der Waals surface area (Å²) in [4.78, 5) is 6.87. The molecular formula is C17H18N2O. The van der Waals surface area contributed by atoms with Crippen LogP contribution in [0.25, 0.3) is 0 Å². The van der Waals surface area contributed by atoms with Crippen molar-refractivity contribution in [2.45, 2.75) is 31.3 Å². The zero-order chi connectivity index (χ0) is 13.5. The van der Waals surface area contributed by atoms with Crippen LogP contribution in [0.4, 0.5) is 5.69 Å². The van der Waals surface area contributed by atoms with Gasteiger partial charge in [0.15, 0.2) is 0 Å². The molecule has 0 aliphatic carbocycles. The summed E-state index contributed by atoms with van der Waals surface area (Å²) in [5.41, 5.74) is 4.20. The van der Waals surface area contributed by atoms with Crippen LogP contribution in [0, 0.1) is 0 Å². The first-order valence-electron chi connectivity index (χ1n) is 7.22. The van der Waals surface area contributed by atoms with E-state index in [1.807, 2.05) is 12.4 Å². The molecule has 1 aromatic carbocycles. The van der Waals surface area contributed by atoms with E-state index in [0.29, 0.717) is 12.1 Å². The maximum atomic E-state index is 5.26. The highest BCUT2D eigenvalue weighted by molar-refractivity contribution is 5.56. The molecule has 1 aromatic heterocycles. The second-order valence-electron chi connectivity index (χ2n) is 5.63. The Bertz CT molecular complexity index is 623. The molecular weight excluding hydrogens is 248 g/mol. The third-order valence-electron chi connectivity index (χ3n) is 4.63. The lowest BCUT2D eigenvalue weighted by Gasteiger charge is -2.38. The van der Waals surface area contributed by atoms with E-state index >= 15 is 0 Å². The van der Waals surface area contributed by atoms with E-state index in [-0.39, 0.29) is 0 Å². The van der Waals surface area contributed by atoms with Crippen molar-refractivity contribution in [3.63, 3.8) is 0 Å². The predicted octanol–water partition coefficient (Wildman–Crippen LogP) is 3.36. The summed E-state index contributed by atoms with van der Waals surface area (Å²) in [5, 5.41) is 0. The van der Waals surface area contributed by atoms with Gasteiger partial charge >= 0.3 is 0 Å². The molecule has 2 atom stereocenters. The molecule has 0 radical (unpaired) electrons. The van der Waals surface area contributed by atoms with Gasteiger partial charge in [0.2, 0.25) is 0 Å². The number of nitrogens with zero attached hydrogens (tertiary/aromatic N) is 2. The van der Waals surface area contributed by atoms with Crippen LogP contribution in [0.5, 0.6) is 5.75 Å². The van der Waals surface area contributed by atoms with E-state index in [1.54, 1.807) is 7.11 Å². The third kappa shape index (κ3) is 1.69. The van der Waals surface area contributed by atoms with Gasteiger partial charge in [-0.05, 0) is 60.7 Å². The molecule has 0 N–H and O–H groups in total. The number of rotatable bonds is 2. The lowest BCUT2D eigenvalue weighted by Crippen LogP contribution is -2.37. The molecule has 2 aromatic rings. The average Bonchev–Trinajstić information content (AvgIpc) is 2.82. The molecule has 20 heavy (non-hydrogen) atoms. The van der Waals surface area contributed by atoms with E-state index in [2.05, 4.69) is 40.2 Å². The molecule has 0 unspecified atom stereocenters. The first kappa shape index (κ1) is 11.8.